The minimum absolute atomic E-state index is 0.0237. The molecule has 1 aromatic carbocycles. The maximum Gasteiger partial charge on any atom is 0.268 e. The highest BCUT2D eigenvalue weighted by molar-refractivity contribution is 6.33. The molecule has 32 heavy (non-hydrogen) atoms. The number of H-pyrrole nitrogens is 1. The summed E-state index contributed by atoms with van der Waals surface area (Å²) in [5, 5.41) is 0.173. The van der Waals surface area contributed by atoms with Gasteiger partial charge in [0.25, 0.3) is 5.91 Å². The number of aromatic nitrogens is 6. The molecule has 9 heteroatoms. The van der Waals surface area contributed by atoms with Crippen LogP contribution >= 0.6 is 11.6 Å². The number of benzene rings is 1. The van der Waals surface area contributed by atoms with Gasteiger partial charge in [-0.1, -0.05) is 17.7 Å². The van der Waals surface area contributed by atoms with Crippen molar-refractivity contribution in [1.29, 1.82) is 0 Å². The van der Waals surface area contributed by atoms with Gasteiger partial charge in [0.05, 0.1) is 34.3 Å². The number of nitrogens with two attached hydrogens (primary N) is 1. The van der Waals surface area contributed by atoms with E-state index in [-0.39, 0.29) is 16.3 Å². The molecule has 0 unspecified atom stereocenters. The zero-order chi connectivity index (χ0) is 22.6. The average molecular weight is 446 g/mol. The van der Waals surface area contributed by atoms with Crippen LogP contribution in [0.2, 0.25) is 5.02 Å². The number of primary amides is 1. The smallest absolute Gasteiger partial charge is 0.268 e. The Morgan fingerprint density at radius 1 is 1.09 bits per heavy atom. The summed E-state index contributed by atoms with van der Waals surface area (Å²) in [6, 6.07) is 7.77. The molecule has 0 saturated carbocycles. The Morgan fingerprint density at radius 3 is 2.62 bits per heavy atom. The number of carbonyl (C=O) groups excluding carboxylic acids is 1. The van der Waals surface area contributed by atoms with Crippen molar-refractivity contribution >= 4 is 39.7 Å². The van der Waals surface area contributed by atoms with Crippen molar-refractivity contribution in [2.75, 3.05) is 0 Å². The molecule has 0 aliphatic carbocycles. The molecule has 0 atom stereocenters. The minimum Gasteiger partial charge on any atom is -0.364 e. The van der Waals surface area contributed by atoms with E-state index in [9.17, 15) is 4.79 Å². The average Bonchev–Trinajstić information content (AvgIpc) is 3.36. The molecule has 0 aliphatic heterocycles. The fraction of sp³-hybridized carbons (Fsp3) is 0.174. The fourth-order valence-electron chi connectivity index (χ4n) is 3.72. The summed E-state index contributed by atoms with van der Waals surface area (Å²) in [5.41, 5.74) is 11.7. The molecule has 5 rings (SSSR count). The minimum atomic E-state index is -0.680. The third-order valence-corrected chi connectivity index (χ3v) is 5.62. The Hall–Kier alpha value is -3.78. The predicted molar refractivity (Wildman–Crippen MR) is 124 cm³/mol. The standard InChI is InChI=1S/C23H20ClN7O/c1-23(2,3)31-11-29-16-5-4-12(7-18(16)31)14-9-27-22-19(14)30-17(10-28-22)13-6-15(24)20(21(25)32)26-8-13/h4-11H,1-3H3,(H2,25,32)(H,27,28). The van der Waals surface area contributed by atoms with E-state index >= 15 is 0 Å². The van der Waals surface area contributed by atoms with Gasteiger partial charge in [0.1, 0.15) is 11.2 Å². The van der Waals surface area contributed by atoms with Gasteiger partial charge in [0.15, 0.2) is 5.65 Å². The van der Waals surface area contributed by atoms with E-state index in [4.69, 9.17) is 22.3 Å². The van der Waals surface area contributed by atoms with Crippen LogP contribution in [0.25, 0.3) is 44.6 Å². The van der Waals surface area contributed by atoms with Gasteiger partial charge in [-0.2, -0.15) is 0 Å². The Balaban J connectivity index is 1.64. The zero-order valence-electron chi connectivity index (χ0n) is 17.7. The summed E-state index contributed by atoms with van der Waals surface area (Å²) >= 11 is 6.17. The number of pyridine rings is 1. The van der Waals surface area contributed by atoms with Gasteiger partial charge < -0.3 is 15.3 Å². The van der Waals surface area contributed by atoms with Crippen LogP contribution in [0.5, 0.6) is 0 Å². The molecule has 4 heterocycles. The predicted octanol–water partition coefficient (Wildman–Crippen LogP) is 4.54. The lowest BCUT2D eigenvalue weighted by atomic mass is 10.1. The second-order valence-corrected chi connectivity index (χ2v) is 8.97. The number of aromatic amines is 1. The lowest BCUT2D eigenvalue weighted by molar-refractivity contribution is 0.0996. The molecule has 8 nitrogen and oxygen atoms in total. The van der Waals surface area contributed by atoms with Crippen LogP contribution in [0.4, 0.5) is 0 Å². The van der Waals surface area contributed by atoms with Crippen molar-refractivity contribution in [2.45, 2.75) is 26.3 Å². The number of nitrogens with zero attached hydrogens (tertiary/aromatic N) is 5. The van der Waals surface area contributed by atoms with Gasteiger partial charge >= 0.3 is 0 Å². The Labute approximate surface area is 188 Å². The molecule has 0 bridgehead atoms. The molecule has 3 N–H and O–H groups in total. The lowest BCUT2D eigenvalue weighted by Gasteiger charge is -2.21. The van der Waals surface area contributed by atoms with Crippen LogP contribution in [0, 0.1) is 0 Å². The third-order valence-electron chi connectivity index (χ3n) is 5.33. The van der Waals surface area contributed by atoms with Crippen LogP contribution in [-0.4, -0.2) is 35.4 Å². The quantitative estimate of drug-likeness (QED) is 0.423. The topological polar surface area (TPSA) is 115 Å². The highest BCUT2D eigenvalue weighted by atomic mass is 35.5. The molecule has 0 aliphatic rings. The summed E-state index contributed by atoms with van der Waals surface area (Å²) in [4.78, 5) is 32.5. The maximum absolute atomic E-state index is 11.4. The highest BCUT2D eigenvalue weighted by Gasteiger charge is 2.18. The van der Waals surface area contributed by atoms with Gasteiger partial charge in [-0.05, 0) is 44.5 Å². The molecule has 5 aromatic rings. The first-order chi connectivity index (χ1) is 15.2. The molecular formula is C23H20ClN7O. The molecule has 0 fully saturated rings. The van der Waals surface area contributed by atoms with E-state index in [1.54, 1.807) is 12.3 Å². The van der Waals surface area contributed by atoms with Crippen LogP contribution < -0.4 is 5.73 Å². The number of halogens is 1. The molecule has 0 radical (unpaired) electrons. The summed E-state index contributed by atoms with van der Waals surface area (Å²) in [6.07, 6.45) is 6.92. The maximum atomic E-state index is 11.4. The monoisotopic (exact) mass is 445 g/mol. The molecule has 0 saturated heterocycles. The van der Waals surface area contributed by atoms with E-state index in [0.29, 0.717) is 16.9 Å². The molecule has 1 amide bonds. The number of fused-ring (bicyclic) bond motifs is 2. The molecular weight excluding hydrogens is 426 g/mol. The molecule has 160 valence electrons. The van der Waals surface area contributed by atoms with E-state index in [1.807, 2.05) is 24.7 Å². The number of imidazole rings is 1. The normalized spacial score (nSPS) is 12.0. The Morgan fingerprint density at radius 2 is 1.91 bits per heavy atom. The number of rotatable bonds is 3. The number of carbonyl (C=O) groups is 1. The molecule has 0 spiro atoms. The van der Waals surface area contributed by atoms with Gasteiger partial charge in [-0.15, -0.1) is 0 Å². The number of amides is 1. The zero-order valence-corrected chi connectivity index (χ0v) is 18.5. The van der Waals surface area contributed by atoms with E-state index in [2.05, 4.69) is 51.3 Å². The second-order valence-electron chi connectivity index (χ2n) is 8.56. The fourth-order valence-corrected chi connectivity index (χ4v) is 3.98. The van der Waals surface area contributed by atoms with Gasteiger partial charge in [0, 0.05) is 29.1 Å². The van der Waals surface area contributed by atoms with Crippen molar-refractivity contribution in [3.05, 3.63) is 59.9 Å². The number of hydrogen-bond acceptors (Lipinski definition) is 5. The van der Waals surface area contributed by atoms with Crippen molar-refractivity contribution in [2.24, 2.45) is 5.73 Å². The summed E-state index contributed by atoms with van der Waals surface area (Å²) in [5.74, 6) is -0.680. The highest BCUT2D eigenvalue weighted by Crippen LogP contribution is 2.32. The first kappa shape index (κ1) is 20.1. The summed E-state index contributed by atoms with van der Waals surface area (Å²) < 4.78 is 2.16. The van der Waals surface area contributed by atoms with Gasteiger partial charge in [0.2, 0.25) is 0 Å². The van der Waals surface area contributed by atoms with Crippen molar-refractivity contribution in [3.8, 4) is 22.4 Å². The first-order valence-corrected chi connectivity index (χ1v) is 10.4. The van der Waals surface area contributed by atoms with Crippen LogP contribution in [0.1, 0.15) is 31.3 Å². The number of nitrogens with one attached hydrogen (secondary N) is 1. The summed E-state index contributed by atoms with van der Waals surface area (Å²) in [7, 11) is 0. The van der Waals surface area contributed by atoms with Crippen molar-refractivity contribution < 1.29 is 4.79 Å². The van der Waals surface area contributed by atoms with E-state index < -0.39 is 5.91 Å². The van der Waals surface area contributed by atoms with Crippen LogP contribution in [0.15, 0.2) is 49.2 Å². The lowest BCUT2D eigenvalue weighted by Crippen LogP contribution is -2.20. The SMILES string of the molecule is CC(C)(C)n1cnc2ccc(-c3c[nH]c4ncc(-c5cnc(C(N)=O)c(Cl)c5)nc34)cc21. The van der Waals surface area contributed by atoms with Crippen molar-refractivity contribution in [3.63, 3.8) is 0 Å². The third kappa shape index (κ3) is 3.29. The first-order valence-electron chi connectivity index (χ1n) is 10.00. The molecule has 4 aromatic heterocycles. The largest absolute Gasteiger partial charge is 0.364 e. The second kappa shape index (κ2) is 7.13. The van der Waals surface area contributed by atoms with Crippen molar-refractivity contribution in [1.82, 2.24) is 29.5 Å². The Kier molecular flexibility index (Phi) is 4.49. The Bertz CT molecular complexity index is 1510. The number of hydrogen-bond donors (Lipinski definition) is 2. The van der Waals surface area contributed by atoms with Crippen LogP contribution in [-0.2, 0) is 5.54 Å². The van der Waals surface area contributed by atoms with E-state index in [1.165, 1.54) is 6.20 Å². The van der Waals surface area contributed by atoms with Crippen LogP contribution in [0.3, 0.4) is 0 Å². The summed E-state index contributed by atoms with van der Waals surface area (Å²) in [6.45, 7) is 6.44. The van der Waals surface area contributed by atoms with Gasteiger partial charge in [-0.25, -0.2) is 19.9 Å². The van der Waals surface area contributed by atoms with Gasteiger partial charge in [-0.3, -0.25) is 4.79 Å². The van der Waals surface area contributed by atoms with E-state index in [0.717, 1.165) is 27.7 Å².